The van der Waals surface area contributed by atoms with Gasteiger partial charge in [0, 0.05) is 19.5 Å². The summed E-state index contributed by atoms with van der Waals surface area (Å²) < 4.78 is 1.88. The largest absolute Gasteiger partial charge is 0.508 e. The van der Waals surface area contributed by atoms with E-state index in [0.29, 0.717) is 5.02 Å². The van der Waals surface area contributed by atoms with E-state index in [2.05, 4.69) is 44.1 Å². The molecule has 5 heteroatoms. The molecule has 0 amide bonds. The Morgan fingerprint density at radius 1 is 1.20 bits per heavy atom. The minimum absolute atomic E-state index is 0.00210. The smallest absolute Gasteiger partial charge is 0.120 e. The lowest BCUT2D eigenvalue weighted by atomic mass is 10.0. The van der Waals surface area contributed by atoms with Crippen molar-refractivity contribution in [2.24, 2.45) is 0 Å². The van der Waals surface area contributed by atoms with Crippen molar-refractivity contribution in [2.45, 2.75) is 19.4 Å². The predicted molar refractivity (Wildman–Crippen MR) is 91.6 cm³/mol. The highest BCUT2D eigenvalue weighted by Gasteiger charge is 2.15. The maximum Gasteiger partial charge on any atom is 0.120 e. The molecule has 2 nitrogen and oxygen atoms in total. The summed E-state index contributed by atoms with van der Waals surface area (Å²) in [5.41, 5.74) is 1.76. The molecule has 20 heavy (non-hydrogen) atoms. The lowest BCUT2D eigenvalue weighted by Gasteiger charge is -2.21. The van der Waals surface area contributed by atoms with E-state index in [9.17, 15) is 5.11 Å². The molecule has 0 aliphatic carbocycles. The van der Waals surface area contributed by atoms with E-state index in [1.54, 1.807) is 6.07 Å². The van der Waals surface area contributed by atoms with Crippen LogP contribution in [0, 0.1) is 0 Å². The summed E-state index contributed by atoms with van der Waals surface area (Å²) in [6, 6.07) is 11.0. The second-order valence-electron chi connectivity index (χ2n) is 4.43. The standard InChI is InChI=1S/C15H14Br2ClNO/c1-2-13(11-7-9(16)3-6-15(11)20)19-14-8-10(18)4-5-12(14)17/h3-8,13,19-20H,2H2,1H3. The van der Waals surface area contributed by atoms with Gasteiger partial charge < -0.3 is 10.4 Å². The number of hydrogen-bond donors (Lipinski definition) is 2. The van der Waals surface area contributed by atoms with Crippen LogP contribution in [0.2, 0.25) is 5.02 Å². The number of aromatic hydroxyl groups is 1. The number of benzene rings is 2. The molecule has 0 aliphatic rings. The minimum Gasteiger partial charge on any atom is -0.508 e. The van der Waals surface area contributed by atoms with Gasteiger partial charge in [-0.05, 0) is 58.7 Å². The quantitative estimate of drug-likeness (QED) is 0.624. The highest BCUT2D eigenvalue weighted by Crippen LogP contribution is 2.34. The Bertz CT molecular complexity index is 619. The molecule has 2 aromatic carbocycles. The average Bonchev–Trinajstić information content (AvgIpc) is 2.42. The molecule has 0 saturated heterocycles. The third-order valence-corrected chi connectivity index (χ3v) is 4.45. The van der Waals surface area contributed by atoms with Crippen molar-refractivity contribution < 1.29 is 5.11 Å². The number of rotatable bonds is 4. The fourth-order valence-electron chi connectivity index (χ4n) is 2.00. The number of hydrogen-bond acceptors (Lipinski definition) is 2. The summed E-state index contributed by atoms with van der Waals surface area (Å²) in [6.45, 7) is 2.07. The summed E-state index contributed by atoms with van der Waals surface area (Å²) in [5, 5.41) is 14.1. The third kappa shape index (κ3) is 3.68. The van der Waals surface area contributed by atoms with E-state index in [4.69, 9.17) is 11.6 Å². The highest BCUT2D eigenvalue weighted by atomic mass is 79.9. The molecule has 0 heterocycles. The molecule has 0 fully saturated rings. The Balaban J connectivity index is 2.33. The fourth-order valence-corrected chi connectivity index (χ4v) is 2.91. The van der Waals surface area contributed by atoms with Gasteiger partial charge in [-0.15, -0.1) is 0 Å². The second kappa shape index (κ2) is 6.83. The van der Waals surface area contributed by atoms with Gasteiger partial charge in [-0.3, -0.25) is 0 Å². The van der Waals surface area contributed by atoms with Crippen molar-refractivity contribution in [3.05, 3.63) is 55.9 Å². The zero-order valence-electron chi connectivity index (χ0n) is 10.8. The van der Waals surface area contributed by atoms with Gasteiger partial charge in [-0.2, -0.15) is 0 Å². The van der Waals surface area contributed by atoms with E-state index in [0.717, 1.165) is 26.6 Å². The number of halogens is 3. The monoisotopic (exact) mass is 417 g/mol. The Morgan fingerprint density at radius 2 is 1.95 bits per heavy atom. The summed E-state index contributed by atoms with van der Waals surface area (Å²) in [6.07, 6.45) is 0.836. The molecule has 2 rings (SSSR count). The van der Waals surface area contributed by atoms with Gasteiger partial charge >= 0.3 is 0 Å². The van der Waals surface area contributed by atoms with Gasteiger partial charge in [-0.1, -0.05) is 34.5 Å². The van der Waals surface area contributed by atoms with Crippen LogP contribution in [-0.2, 0) is 0 Å². The Labute approximate surface area is 140 Å². The van der Waals surface area contributed by atoms with E-state index in [-0.39, 0.29) is 11.8 Å². The van der Waals surface area contributed by atoms with Crippen LogP contribution in [0.5, 0.6) is 5.75 Å². The van der Waals surface area contributed by atoms with Crippen LogP contribution in [0.25, 0.3) is 0 Å². The first-order valence-corrected chi connectivity index (χ1v) is 8.17. The molecule has 1 unspecified atom stereocenters. The van der Waals surface area contributed by atoms with Crippen LogP contribution in [0.15, 0.2) is 45.3 Å². The lowest BCUT2D eigenvalue weighted by Crippen LogP contribution is -2.10. The van der Waals surface area contributed by atoms with Crippen molar-refractivity contribution >= 4 is 49.1 Å². The van der Waals surface area contributed by atoms with E-state index in [1.807, 2.05) is 30.3 Å². The van der Waals surface area contributed by atoms with Gasteiger partial charge in [0.05, 0.1) is 11.7 Å². The third-order valence-electron chi connectivity index (χ3n) is 3.03. The van der Waals surface area contributed by atoms with Gasteiger partial charge in [0.1, 0.15) is 5.75 Å². The number of phenolic OH excluding ortho intramolecular Hbond substituents is 1. The first-order valence-electron chi connectivity index (χ1n) is 6.21. The average molecular weight is 420 g/mol. The molecular weight excluding hydrogens is 405 g/mol. The van der Waals surface area contributed by atoms with Crippen LogP contribution in [0.3, 0.4) is 0 Å². The van der Waals surface area contributed by atoms with Crippen LogP contribution < -0.4 is 5.32 Å². The van der Waals surface area contributed by atoms with Crippen molar-refractivity contribution in [2.75, 3.05) is 5.32 Å². The number of anilines is 1. The molecule has 2 N–H and O–H groups in total. The van der Waals surface area contributed by atoms with Gasteiger partial charge in [0.25, 0.3) is 0 Å². The Hall–Kier alpha value is -0.710. The molecule has 0 bridgehead atoms. The van der Waals surface area contributed by atoms with Crippen molar-refractivity contribution in [3.63, 3.8) is 0 Å². The maximum atomic E-state index is 10.0. The van der Waals surface area contributed by atoms with Crippen molar-refractivity contribution in [1.29, 1.82) is 0 Å². The van der Waals surface area contributed by atoms with Gasteiger partial charge in [-0.25, -0.2) is 0 Å². The van der Waals surface area contributed by atoms with Gasteiger partial charge in [0.15, 0.2) is 0 Å². The van der Waals surface area contributed by atoms with Crippen molar-refractivity contribution in [3.8, 4) is 5.75 Å². The van der Waals surface area contributed by atoms with E-state index in [1.165, 1.54) is 0 Å². The second-order valence-corrected chi connectivity index (χ2v) is 6.64. The predicted octanol–water partition coefficient (Wildman–Crippen LogP) is 6.13. The van der Waals surface area contributed by atoms with Crippen molar-refractivity contribution in [1.82, 2.24) is 0 Å². The summed E-state index contributed by atoms with van der Waals surface area (Å²) in [4.78, 5) is 0. The molecule has 1 atom stereocenters. The summed E-state index contributed by atoms with van der Waals surface area (Å²) in [5.74, 6) is 0.283. The van der Waals surface area contributed by atoms with E-state index < -0.39 is 0 Å². The van der Waals surface area contributed by atoms with Crippen LogP contribution in [0.1, 0.15) is 24.9 Å². The molecule has 0 radical (unpaired) electrons. The lowest BCUT2D eigenvalue weighted by molar-refractivity contribution is 0.462. The molecule has 0 aromatic heterocycles. The van der Waals surface area contributed by atoms with Gasteiger partial charge in [0.2, 0.25) is 0 Å². The maximum absolute atomic E-state index is 10.0. The van der Waals surface area contributed by atoms with E-state index >= 15 is 0 Å². The van der Waals surface area contributed by atoms with Crippen LogP contribution in [0.4, 0.5) is 5.69 Å². The molecule has 2 aromatic rings. The normalized spacial score (nSPS) is 12.2. The summed E-state index contributed by atoms with van der Waals surface area (Å²) in [7, 11) is 0. The minimum atomic E-state index is 0.00210. The molecule has 0 aliphatic heterocycles. The van der Waals surface area contributed by atoms with Crippen LogP contribution >= 0.6 is 43.5 Å². The molecular formula is C15H14Br2ClNO. The molecule has 0 saturated carbocycles. The van der Waals surface area contributed by atoms with Crippen LogP contribution in [-0.4, -0.2) is 5.11 Å². The number of nitrogens with one attached hydrogen (secondary N) is 1. The number of phenols is 1. The topological polar surface area (TPSA) is 32.3 Å². The molecule has 106 valence electrons. The fraction of sp³-hybridized carbons (Fsp3) is 0.200. The first kappa shape index (κ1) is 15.7. The Morgan fingerprint density at radius 3 is 2.65 bits per heavy atom. The first-order chi connectivity index (χ1) is 9.51. The molecule has 0 spiro atoms. The SMILES string of the molecule is CCC(Nc1cc(Cl)ccc1Br)c1cc(Br)ccc1O. The Kier molecular flexibility index (Phi) is 5.35. The highest BCUT2D eigenvalue weighted by molar-refractivity contribution is 9.10. The zero-order chi connectivity index (χ0) is 14.7. The summed E-state index contributed by atoms with van der Waals surface area (Å²) >= 11 is 13.0. The zero-order valence-corrected chi connectivity index (χ0v) is 14.8.